The molecule has 0 bridgehead atoms. The van der Waals surface area contributed by atoms with Crippen LogP contribution >= 0.6 is 0 Å². The molecule has 1 amide bonds. The van der Waals surface area contributed by atoms with Gasteiger partial charge in [-0.1, -0.05) is 6.07 Å². The molecule has 27 heavy (non-hydrogen) atoms. The van der Waals surface area contributed by atoms with Crippen LogP contribution < -0.4 is 14.8 Å². The monoisotopic (exact) mass is 370 g/mol. The van der Waals surface area contributed by atoms with Gasteiger partial charge in [0.1, 0.15) is 0 Å². The molecule has 0 aliphatic rings. The van der Waals surface area contributed by atoms with Gasteiger partial charge in [-0.2, -0.15) is 0 Å². The number of hydrogen-bond acceptors (Lipinski definition) is 6. The summed E-state index contributed by atoms with van der Waals surface area (Å²) < 4.78 is 10.4. The van der Waals surface area contributed by atoms with E-state index in [2.05, 4.69) is 5.32 Å². The topological polar surface area (TPSA) is 108 Å². The van der Waals surface area contributed by atoms with Crippen LogP contribution in [0.2, 0.25) is 0 Å². The second-order valence-corrected chi connectivity index (χ2v) is 5.49. The van der Waals surface area contributed by atoms with E-state index in [1.807, 2.05) is 0 Å². The number of nitrogens with one attached hydrogen (secondary N) is 1. The molecule has 2 aromatic rings. The largest absolute Gasteiger partial charge is 0.493 e. The molecule has 2 aromatic carbocycles. The van der Waals surface area contributed by atoms with Gasteiger partial charge < -0.3 is 14.8 Å². The summed E-state index contributed by atoms with van der Waals surface area (Å²) >= 11 is 0. The average molecular weight is 370 g/mol. The second kappa shape index (κ2) is 8.61. The van der Waals surface area contributed by atoms with Crippen LogP contribution in [0.3, 0.4) is 0 Å². The summed E-state index contributed by atoms with van der Waals surface area (Å²) in [5, 5.41) is 13.2. The van der Waals surface area contributed by atoms with Crippen LogP contribution in [0.4, 0.5) is 11.4 Å². The van der Waals surface area contributed by atoms with Gasteiger partial charge in [-0.25, -0.2) is 0 Å². The first-order valence-corrected chi connectivity index (χ1v) is 7.86. The Hall–Kier alpha value is -3.68. The van der Waals surface area contributed by atoms with Crippen molar-refractivity contribution >= 4 is 29.1 Å². The van der Waals surface area contributed by atoms with Gasteiger partial charge >= 0.3 is 0 Å². The number of ether oxygens (including phenoxy) is 2. The highest BCUT2D eigenvalue weighted by atomic mass is 16.6. The average Bonchev–Trinajstić information content (AvgIpc) is 2.65. The highest BCUT2D eigenvalue weighted by Gasteiger charge is 2.16. The molecule has 0 saturated carbocycles. The molecule has 8 heteroatoms. The minimum absolute atomic E-state index is 0.0689. The number of anilines is 1. The van der Waals surface area contributed by atoms with Crippen molar-refractivity contribution in [2.45, 2.75) is 6.92 Å². The Morgan fingerprint density at radius 3 is 2.19 bits per heavy atom. The van der Waals surface area contributed by atoms with Crippen LogP contribution in [0, 0.1) is 10.1 Å². The standard InChI is InChI=1S/C19H18N2O6/c1-12(22)16(10-13-4-9-17(26-2)18(11-13)27-3)19(23)20-14-5-7-15(8-6-14)21(24)25/h4-11H,1-3H3,(H,20,23)/b16-10+. The number of non-ortho nitro benzene ring substituents is 1. The molecule has 0 fully saturated rings. The number of benzene rings is 2. The lowest BCUT2D eigenvalue weighted by atomic mass is 10.1. The minimum atomic E-state index is -0.619. The first-order valence-electron chi connectivity index (χ1n) is 7.86. The number of Topliss-reactive ketones (excluding diaryl/α,β-unsaturated/α-hetero) is 1. The molecule has 8 nitrogen and oxygen atoms in total. The highest BCUT2D eigenvalue weighted by Crippen LogP contribution is 2.28. The highest BCUT2D eigenvalue weighted by molar-refractivity contribution is 6.25. The number of hydrogen-bond donors (Lipinski definition) is 1. The number of nitro groups is 1. The lowest BCUT2D eigenvalue weighted by Crippen LogP contribution is -2.18. The van der Waals surface area contributed by atoms with Gasteiger partial charge in [-0.3, -0.25) is 19.7 Å². The van der Waals surface area contributed by atoms with E-state index in [1.54, 1.807) is 18.2 Å². The molecular formula is C19H18N2O6. The van der Waals surface area contributed by atoms with Crippen molar-refractivity contribution in [3.63, 3.8) is 0 Å². The Morgan fingerprint density at radius 1 is 1.04 bits per heavy atom. The van der Waals surface area contributed by atoms with E-state index in [9.17, 15) is 19.7 Å². The summed E-state index contributed by atoms with van der Waals surface area (Å²) in [6, 6.07) is 10.3. The molecule has 0 spiro atoms. The maximum absolute atomic E-state index is 12.5. The Balaban J connectivity index is 2.28. The van der Waals surface area contributed by atoms with Gasteiger partial charge in [0.25, 0.3) is 11.6 Å². The van der Waals surface area contributed by atoms with Crippen LogP contribution in [0.5, 0.6) is 11.5 Å². The van der Waals surface area contributed by atoms with Crippen LogP contribution in [0.1, 0.15) is 12.5 Å². The summed E-state index contributed by atoms with van der Waals surface area (Å²) in [4.78, 5) is 34.5. The molecule has 0 unspecified atom stereocenters. The fourth-order valence-electron chi connectivity index (χ4n) is 2.30. The van der Waals surface area contributed by atoms with Gasteiger partial charge in [-0.05, 0) is 42.8 Å². The van der Waals surface area contributed by atoms with E-state index < -0.39 is 16.6 Å². The van der Waals surface area contributed by atoms with E-state index in [4.69, 9.17) is 9.47 Å². The summed E-state index contributed by atoms with van der Waals surface area (Å²) in [6.45, 7) is 1.28. The number of carbonyl (C=O) groups is 2. The fourth-order valence-corrected chi connectivity index (χ4v) is 2.30. The van der Waals surface area contributed by atoms with Gasteiger partial charge in [-0.15, -0.1) is 0 Å². The van der Waals surface area contributed by atoms with Crippen molar-refractivity contribution in [2.24, 2.45) is 0 Å². The SMILES string of the molecule is COc1ccc(/C=C(\C(C)=O)C(=O)Nc2ccc([N+](=O)[O-])cc2)cc1OC. The third kappa shape index (κ3) is 4.91. The van der Waals surface area contributed by atoms with Crippen molar-refractivity contribution in [3.05, 3.63) is 63.7 Å². The predicted molar refractivity (Wildman–Crippen MR) is 99.9 cm³/mol. The smallest absolute Gasteiger partial charge is 0.269 e. The first-order chi connectivity index (χ1) is 12.8. The van der Waals surface area contributed by atoms with Gasteiger partial charge in [0.15, 0.2) is 17.3 Å². The lowest BCUT2D eigenvalue weighted by molar-refractivity contribution is -0.384. The van der Waals surface area contributed by atoms with E-state index >= 15 is 0 Å². The molecule has 2 rings (SSSR count). The van der Waals surface area contributed by atoms with Crippen LogP contribution in [0.15, 0.2) is 48.0 Å². The lowest BCUT2D eigenvalue weighted by Gasteiger charge is -2.09. The predicted octanol–water partition coefficient (Wildman–Crippen LogP) is 3.22. The maximum Gasteiger partial charge on any atom is 0.269 e. The molecule has 0 heterocycles. The van der Waals surface area contributed by atoms with Crippen LogP contribution in [-0.2, 0) is 9.59 Å². The first kappa shape index (κ1) is 19.6. The molecule has 1 N–H and O–H groups in total. The van der Waals surface area contributed by atoms with E-state index in [0.29, 0.717) is 22.7 Å². The number of nitrogens with zero attached hydrogens (tertiary/aromatic N) is 1. The van der Waals surface area contributed by atoms with Crippen molar-refractivity contribution in [2.75, 3.05) is 19.5 Å². The molecule has 0 aromatic heterocycles. The van der Waals surface area contributed by atoms with Crippen molar-refractivity contribution in [1.82, 2.24) is 0 Å². The van der Waals surface area contributed by atoms with E-state index in [1.165, 1.54) is 51.5 Å². The zero-order valence-corrected chi connectivity index (χ0v) is 15.0. The molecule has 0 radical (unpaired) electrons. The van der Waals surface area contributed by atoms with Crippen molar-refractivity contribution in [3.8, 4) is 11.5 Å². The minimum Gasteiger partial charge on any atom is -0.493 e. The van der Waals surface area contributed by atoms with Crippen LogP contribution in [0.25, 0.3) is 6.08 Å². The number of methoxy groups -OCH3 is 2. The number of carbonyl (C=O) groups excluding carboxylic acids is 2. The van der Waals surface area contributed by atoms with Gasteiger partial charge in [0, 0.05) is 17.8 Å². The molecule has 0 aliphatic carbocycles. The zero-order chi connectivity index (χ0) is 20.0. The van der Waals surface area contributed by atoms with Crippen molar-refractivity contribution in [1.29, 1.82) is 0 Å². The molecule has 0 aliphatic heterocycles. The number of rotatable bonds is 7. The van der Waals surface area contributed by atoms with Gasteiger partial charge in [0.05, 0.1) is 24.7 Å². The number of ketones is 1. The Kier molecular flexibility index (Phi) is 6.27. The normalized spacial score (nSPS) is 10.9. The summed E-state index contributed by atoms with van der Waals surface area (Å²) in [6.07, 6.45) is 1.44. The van der Waals surface area contributed by atoms with Crippen molar-refractivity contribution < 1.29 is 24.0 Å². The van der Waals surface area contributed by atoms with Crippen LogP contribution in [-0.4, -0.2) is 30.8 Å². The summed E-state index contributed by atoms with van der Waals surface area (Å²) in [7, 11) is 2.99. The fraction of sp³-hybridized carbons (Fsp3) is 0.158. The number of nitro benzene ring substituents is 1. The second-order valence-electron chi connectivity index (χ2n) is 5.49. The Labute approximate surface area is 155 Å². The zero-order valence-electron chi connectivity index (χ0n) is 15.0. The molecular weight excluding hydrogens is 352 g/mol. The Bertz CT molecular complexity index is 903. The van der Waals surface area contributed by atoms with E-state index in [0.717, 1.165) is 0 Å². The van der Waals surface area contributed by atoms with Gasteiger partial charge in [0.2, 0.25) is 0 Å². The summed E-state index contributed by atoms with van der Waals surface area (Å²) in [5.74, 6) is -0.0605. The number of amides is 1. The molecule has 0 saturated heterocycles. The summed E-state index contributed by atoms with van der Waals surface area (Å²) in [5.41, 5.74) is 0.753. The quantitative estimate of drug-likeness (QED) is 0.264. The third-order valence-corrected chi connectivity index (χ3v) is 3.68. The maximum atomic E-state index is 12.5. The molecule has 0 atom stereocenters. The Morgan fingerprint density at radius 2 is 1.67 bits per heavy atom. The molecule has 140 valence electrons. The van der Waals surface area contributed by atoms with E-state index in [-0.39, 0.29) is 11.3 Å². The third-order valence-electron chi connectivity index (χ3n) is 3.68.